The third kappa shape index (κ3) is 10.1. The number of aromatic nitrogens is 1. The Bertz CT molecular complexity index is 1020. The summed E-state index contributed by atoms with van der Waals surface area (Å²) in [6, 6.07) is 16.2. The van der Waals surface area contributed by atoms with Crippen LogP contribution in [0.4, 0.5) is 0 Å². The van der Waals surface area contributed by atoms with Gasteiger partial charge < -0.3 is 15.2 Å². The van der Waals surface area contributed by atoms with Crippen LogP contribution in [0, 0.1) is 0 Å². The van der Waals surface area contributed by atoms with Gasteiger partial charge in [-0.1, -0.05) is 69.4 Å². The van der Waals surface area contributed by atoms with Crippen LogP contribution in [-0.4, -0.2) is 35.3 Å². The molecule has 0 aliphatic rings. The van der Waals surface area contributed by atoms with Crippen LogP contribution in [0.25, 0.3) is 10.8 Å². The number of unbranched alkanes of at least 4 members (excludes halogenated alkanes) is 5. The highest BCUT2D eigenvalue weighted by atomic mass is 16.5. The molecule has 2 N–H and O–H groups in total. The van der Waals surface area contributed by atoms with Crippen molar-refractivity contribution < 1.29 is 14.6 Å². The number of amides is 1. The first-order valence-corrected chi connectivity index (χ1v) is 13.1. The van der Waals surface area contributed by atoms with Crippen LogP contribution in [-0.2, 0) is 17.6 Å². The lowest BCUT2D eigenvalue weighted by atomic mass is 10.0. The third-order valence-corrected chi connectivity index (χ3v) is 6.30. The van der Waals surface area contributed by atoms with Crippen molar-refractivity contribution >= 4 is 16.7 Å². The molecule has 0 aliphatic carbocycles. The summed E-state index contributed by atoms with van der Waals surface area (Å²) in [7, 11) is 0. The predicted molar refractivity (Wildman–Crippen MR) is 143 cm³/mol. The van der Waals surface area contributed by atoms with E-state index >= 15 is 0 Å². The van der Waals surface area contributed by atoms with Gasteiger partial charge in [-0.3, -0.25) is 9.78 Å². The largest absolute Gasteiger partial charge is 0.491 e. The van der Waals surface area contributed by atoms with Gasteiger partial charge in [-0.15, -0.1) is 0 Å². The highest BCUT2D eigenvalue weighted by molar-refractivity contribution is 5.84. The minimum absolute atomic E-state index is 0.129. The quantitative estimate of drug-likeness (QED) is 0.248. The molecule has 0 aliphatic heterocycles. The number of benzene rings is 2. The molecular weight excluding hydrogens is 436 g/mol. The molecule has 1 unspecified atom stereocenters. The zero-order valence-electron chi connectivity index (χ0n) is 21.0. The molecule has 35 heavy (non-hydrogen) atoms. The average molecular weight is 477 g/mol. The number of aliphatic hydroxyl groups is 1. The second-order valence-corrected chi connectivity index (χ2v) is 9.33. The van der Waals surface area contributed by atoms with E-state index in [0.717, 1.165) is 53.5 Å². The number of carbonyl (C=O) groups excluding carboxylic acids is 1. The lowest BCUT2D eigenvalue weighted by Gasteiger charge is -2.13. The molecule has 3 rings (SSSR count). The summed E-state index contributed by atoms with van der Waals surface area (Å²) in [6.45, 7) is 3.27. The lowest BCUT2D eigenvalue weighted by Crippen LogP contribution is -2.24. The number of aryl methyl sites for hydroxylation is 2. The fourth-order valence-electron chi connectivity index (χ4n) is 4.15. The number of nitrogens with zero attached hydrogens (tertiary/aromatic N) is 1. The maximum atomic E-state index is 12.2. The number of aliphatic hydroxyl groups excluding tert-OH is 1. The normalized spacial score (nSPS) is 11.9. The minimum Gasteiger partial charge on any atom is -0.491 e. The van der Waals surface area contributed by atoms with E-state index in [9.17, 15) is 9.90 Å². The van der Waals surface area contributed by atoms with E-state index in [1.165, 1.54) is 32.1 Å². The second kappa shape index (κ2) is 15.2. The van der Waals surface area contributed by atoms with Gasteiger partial charge in [0.25, 0.3) is 0 Å². The molecule has 5 nitrogen and oxygen atoms in total. The van der Waals surface area contributed by atoms with E-state index in [2.05, 4.69) is 35.4 Å². The summed E-state index contributed by atoms with van der Waals surface area (Å²) in [5, 5.41) is 15.5. The van der Waals surface area contributed by atoms with Crippen LogP contribution in [0.2, 0.25) is 0 Å². The highest BCUT2D eigenvalue weighted by Gasteiger charge is 2.08. The summed E-state index contributed by atoms with van der Waals surface area (Å²) in [6.07, 6.45) is 13.1. The molecule has 1 amide bonds. The van der Waals surface area contributed by atoms with Crippen molar-refractivity contribution in [2.75, 3.05) is 13.2 Å². The Morgan fingerprint density at radius 2 is 1.77 bits per heavy atom. The summed E-state index contributed by atoms with van der Waals surface area (Å²) in [4.78, 5) is 16.3. The van der Waals surface area contributed by atoms with Gasteiger partial charge >= 0.3 is 0 Å². The Morgan fingerprint density at radius 1 is 0.971 bits per heavy atom. The molecule has 0 saturated heterocycles. The summed E-state index contributed by atoms with van der Waals surface area (Å²) in [5.41, 5.74) is 2.27. The number of ether oxygens (including phenoxy) is 1. The molecule has 188 valence electrons. The van der Waals surface area contributed by atoms with Gasteiger partial charge in [0.2, 0.25) is 5.91 Å². The van der Waals surface area contributed by atoms with Crippen LogP contribution in [0.15, 0.2) is 60.9 Å². The smallest absolute Gasteiger partial charge is 0.220 e. The van der Waals surface area contributed by atoms with Gasteiger partial charge in [-0.25, -0.2) is 0 Å². The van der Waals surface area contributed by atoms with E-state index < -0.39 is 6.10 Å². The first-order chi connectivity index (χ1) is 17.1. The Labute approximate surface area is 209 Å². The monoisotopic (exact) mass is 476 g/mol. The highest BCUT2D eigenvalue weighted by Crippen LogP contribution is 2.23. The molecule has 2 aromatic carbocycles. The Morgan fingerprint density at radius 3 is 2.60 bits per heavy atom. The Balaban J connectivity index is 1.37. The van der Waals surface area contributed by atoms with E-state index in [1.807, 2.05) is 36.5 Å². The number of pyridine rings is 1. The second-order valence-electron chi connectivity index (χ2n) is 9.33. The predicted octanol–water partition coefficient (Wildman–Crippen LogP) is 6.02. The fourth-order valence-corrected chi connectivity index (χ4v) is 4.15. The maximum Gasteiger partial charge on any atom is 0.220 e. The SMILES string of the molecule is CCCCCCCCNC(=O)CCc1ccc2cc(OCC(O)CCc3cccnc3)ccc2c1. The Hall–Kier alpha value is -2.92. The summed E-state index contributed by atoms with van der Waals surface area (Å²) in [5.74, 6) is 0.879. The summed E-state index contributed by atoms with van der Waals surface area (Å²) < 4.78 is 5.83. The zero-order valence-corrected chi connectivity index (χ0v) is 21.0. The van der Waals surface area contributed by atoms with Crippen molar-refractivity contribution in [3.63, 3.8) is 0 Å². The first-order valence-electron chi connectivity index (χ1n) is 13.1. The molecule has 1 heterocycles. The number of carbonyl (C=O) groups is 1. The van der Waals surface area contributed by atoms with Crippen LogP contribution < -0.4 is 10.1 Å². The molecule has 1 aromatic heterocycles. The molecule has 3 aromatic rings. The van der Waals surface area contributed by atoms with Gasteiger partial charge in [0.05, 0.1) is 6.10 Å². The Kier molecular flexibility index (Phi) is 11.6. The van der Waals surface area contributed by atoms with Gasteiger partial charge in [-0.2, -0.15) is 0 Å². The zero-order chi connectivity index (χ0) is 24.7. The van der Waals surface area contributed by atoms with Crippen molar-refractivity contribution in [2.24, 2.45) is 0 Å². The van der Waals surface area contributed by atoms with E-state index in [0.29, 0.717) is 12.8 Å². The van der Waals surface area contributed by atoms with Crippen molar-refractivity contribution in [1.29, 1.82) is 0 Å². The molecule has 5 heteroatoms. The van der Waals surface area contributed by atoms with Crippen LogP contribution >= 0.6 is 0 Å². The molecule has 0 spiro atoms. The average Bonchev–Trinajstić information content (AvgIpc) is 2.89. The van der Waals surface area contributed by atoms with Crippen LogP contribution in [0.1, 0.15) is 69.4 Å². The first kappa shape index (κ1) is 26.7. The van der Waals surface area contributed by atoms with Crippen molar-refractivity contribution in [2.45, 2.75) is 77.2 Å². The van der Waals surface area contributed by atoms with Crippen molar-refractivity contribution in [3.05, 3.63) is 72.1 Å². The lowest BCUT2D eigenvalue weighted by molar-refractivity contribution is -0.121. The molecule has 0 saturated carbocycles. The van der Waals surface area contributed by atoms with Gasteiger partial charge in [-0.05, 0) is 65.8 Å². The summed E-state index contributed by atoms with van der Waals surface area (Å²) >= 11 is 0. The molecular formula is C30H40N2O3. The van der Waals surface area contributed by atoms with E-state index in [4.69, 9.17) is 4.74 Å². The minimum atomic E-state index is -0.527. The number of hydrogen-bond donors (Lipinski definition) is 2. The van der Waals surface area contributed by atoms with E-state index in [1.54, 1.807) is 6.20 Å². The van der Waals surface area contributed by atoms with E-state index in [-0.39, 0.29) is 12.5 Å². The van der Waals surface area contributed by atoms with Crippen molar-refractivity contribution in [3.8, 4) is 5.75 Å². The topological polar surface area (TPSA) is 71.5 Å². The van der Waals surface area contributed by atoms with Gasteiger partial charge in [0, 0.05) is 25.4 Å². The molecule has 0 bridgehead atoms. The number of rotatable bonds is 16. The fraction of sp³-hybridized carbons (Fsp3) is 0.467. The molecule has 0 fully saturated rings. The van der Waals surface area contributed by atoms with Crippen LogP contribution in [0.5, 0.6) is 5.75 Å². The number of hydrogen-bond acceptors (Lipinski definition) is 4. The van der Waals surface area contributed by atoms with Gasteiger partial charge in [0.1, 0.15) is 12.4 Å². The van der Waals surface area contributed by atoms with Crippen molar-refractivity contribution in [1.82, 2.24) is 10.3 Å². The number of nitrogens with one attached hydrogen (secondary N) is 1. The third-order valence-electron chi connectivity index (χ3n) is 6.30. The van der Waals surface area contributed by atoms with Crippen LogP contribution in [0.3, 0.4) is 0 Å². The standard InChI is InChI=1S/C30H40N2O3/c1-2-3-4-5-6-7-19-32-30(34)17-12-24-10-13-27-21-29(16-14-26(27)20-24)35-23-28(33)15-11-25-9-8-18-31-22-25/h8-10,13-14,16,18,20-22,28,33H,2-7,11-12,15,17,19,23H2,1H3,(H,32,34). The van der Waals surface area contributed by atoms with Gasteiger partial charge in [0.15, 0.2) is 0 Å². The molecule has 1 atom stereocenters. The maximum absolute atomic E-state index is 12.2. The number of fused-ring (bicyclic) bond motifs is 1. The molecule has 0 radical (unpaired) electrons.